The average molecular weight is 388 g/mol. The molecule has 0 saturated heterocycles. The predicted octanol–water partition coefficient (Wildman–Crippen LogP) is 2.42. The standard InChI is InChI=1S/C21H41NO5/c1-5-6-7-8-9-10-11-12-13-14-15-19(23)21(26)27-18(16-20(24)25)17-22(2,3)4/h18-19,23H,5-17H2,1-4H3. The lowest BCUT2D eigenvalue weighted by atomic mass is 10.0. The van der Waals surface area contributed by atoms with Crippen LogP contribution in [0.1, 0.15) is 84.0 Å². The first kappa shape index (κ1) is 25.9. The van der Waals surface area contributed by atoms with Gasteiger partial charge in [-0.2, -0.15) is 0 Å². The van der Waals surface area contributed by atoms with Crippen molar-refractivity contribution in [2.24, 2.45) is 0 Å². The normalized spacial score (nSPS) is 14.0. The molecular weight excluding hydrogens is 346 g/mol. The molecular formula is C21H41NO5. The summed E-state index contributed by atoms with van der Waals surface area (Å²) in [5.41, 5.74) is 0. The SMILES string of the molecule is CCCCCCCCCCCCC(O)C(=O)OC(CC(=O)[O-])C[N+](C)(C)C. The minimum absolute atomic E-state index is 0.352. The van der Waals surface area contributed by atoms with Crippen LogP contribution >= 0.6 is 0 Å². The summed E-state index contributed by atoms with van der Waals surface area (Å²) in [6.07, 6.45) is 9.90. The second kappa shape index (κ2) is 14.9. The third-order valence-corrected chi connectivity index (χ3v) is 4.53. The number of esters is 1. The Bertz CT molecular complexity index is 406. The van der Waals surface area contributed by atoms with Gasteiger partial charge in [-0.3, -0.25) is 0 Å². The van der Waals surface area contributed by atoms with Crippen LogP contribution in [0.5, 0.6) is 0 Å². The molecule has 0 bridgehead atoms. The Balaban J connectivity index is 3.93. The summed E-state index contributed by atoms with van der Waals surface area (Å²) in [5.74, 6) is -1.99. The number of aliphatic hydroxyl groups excluding tert-OH is 1. The van der Waals surface area contributed by atoms with Crippen molar-refractivity contribution < 1.29 is 29.0 Å². The zero-order valence-corrected chi connectivity index (χ0v) is 17.9. The van der Waals surface area contributed by atoms with E-state index in [0.717, 1.165) is 19.3 Å². The first-order valence-corrected chi connectivity index (χ1v) is 10.5. The Morgan fingerprint density at radius 3 is 1.85 bits per heavy atom. The van der Waals surface area contributed by atoms with Gasteiger partial charge in [0.2, 0.25) is 0 Å². The van der Waals surface area contributed by atoms with Crippen LogP contribution in [-0.4, -0.2) is 61.4 Å². The van der Waals surface area contributed by atoms with Crippen LogP contribution in [0.3, 0.4) is 0 Å². The molecule has 2 atom stereocenters. The van der Waals surface area contributed by atoms with Crippen molar-refractivity contribution in [3.63, 3.8) is 0 Å². The maximum absolute atomic E-state index is 12.0. The van der Waals surface area contributed by atoms with Crippen molar-refractivity contribution in [1.82, 2.24) is 0 Å². The van der Waals surface area contributed by atoms with E-state index in [2.05, 4.69) is 6.92 Å². The molecule has 0 aliphatic carbocycles. The molecule has 27 heavy (non-hydrogen) atoms. The molecule has 0 amide bonds. The van der Waals surface area contributed by atoms with E-state index in [1.807, 2.05) is 21.1 Å². The van der Waals surface area contributed by atoms with E-state index < -0.39 is 24.1 Å². The van der Waals surface area contributed by atoms with E-state index in [4.69, 9.17) is 4.74 Å². The van der Waals surface area contributed by atoms with Gasteiger partial charge in [-0.25, -0.2) is 4.79 Å². The highest BCUT2D eigenvalue weighted by molar-refractivity contribution is 5.75. The monoisotopic (exact) mass is 387 g/mol. The van der Waals surface area contributed by atoms with E-state index in [0.29, 0.717) is 17.4 Å². The van der Waals surface area contributed by atoms with E-state index in [9.17, 15) is 19.8 Å². The van der Waals surface area contributed by atoms with Crippen molar-refractivity contribution in [3.05, 3.63) is 0 Å². The molecule has 0 heterocycles. The van der Waals surface area contributed by atoms with Gasteiger partial charge >= 0.3 is 5.97 Å². The lowest BCUT2D eigenvalue weighted by Crippen LogP contribution is -2.46. The number of nitrogens with zero attached hydrogens (tertiary/aromatic N) is 1. The fourth-order valence-electron chi connectivity index (χ4n) is 3.13. The third-order valence-electron chi connectivity index (χ3n) is 4.53. The first-order chi connectivity index (χ1) is 12.7. The Kier molecular flexibility index (Phi) is 14.2. The van der Waals surface area contributed by atoms with Crippen LogP contribution in [0.15, 0.2) is 0 Å². The number of hydrogen-bond acceptors (Lipinski definition) is 5. The van der Waals surface area contributed by atoms with Crippen LogP contribution in [0.25, 0.3) is 0 Å². The molecule has 0 aromatic carbocycles. The quantitative estimate of drug-likeness (QED) is 0.235. The van der Waals surface area contributed by atoms with Gasteiger partial charge in [0.15, 0.2) is 12.2 Å². The number of carboxylic acids is 1. The van der Waals surface area contributed by atoms with Crippen molar-refractivity contribution in [3.8, 4) is 0 Å². The molecule has 0 aliphatic heterocycles. The van der Waals surface area contributed by atoms with Crippen LogP contribution in [0, 0.1) is 0 Å². The molecule has 0 radical (unpaired) electrons. The Morgan fingerprint density at radius 1 is 0.926 bits per heavy atom. The van der Waals surface area contributed by atoms with Gasteiger partial charge < -0.3 is 24.2 Å². The van der Waals surface area contributed by atoms with Crippen molar-refractivity contribution >= 4 is 11.9 Å². The maximum Gasteiger partial charge on any atom is 0.335 e. The molecule has 6 heteroatoms. The number of quaternary nitrogens is 1. The fraction of sp³-hybridized carbons (Fsp3) is 0.905. The topological polar surface area (TPSA) is 86.7 Å². The van der Waals surface area contributed by atoms with E-state index in [1.54, 1.807) is 0 Å². The molecule has 0 fully saturated rings. The van der Waals surface area contributed by atoms with Crippen LogP contribution in [-0.2, 0) is 14.3 Å². The molecule has 0 aliphatic rings. The molecule has 0 saturated carbocycles. The number of aliphatic carboxylic acids is 1. The van der Waals surface area contributed by atoms with Gasteiger partial charge in [-0.05, 0) is 6.42 Å². The van der Waals surface area contributed by atoms with Crippen LogP contribution in [0.2, 0.25) is 0 Å². The van der Waals surface area contributed by atoms with E-state index in [-0.39, 0.29) is 6.42 Å². The number of carbonyl (C=O) groups excluding carboxylic acids is 2. The van der Waals surface area contributed by atoms with E-state index in [1.165, 1.54) is 44.9 Å². The van der Waals surface area contributed by atoms with Crippen LogP contribution in [0.4, 0.5) is 0 Å². The molecule has 0 aromatic rings. The first-order valence-electron chi connectivity index (χ1n) is 10.5. The number of ether oxygens (including phenoxy) is 1. The third kappa shape index (κ3) is 16.7. The van der Waals surface area contributed by atoms with Crippen LogP contribution < -0.4 is 5.11 Å². The lowest BCUT2D eigenvalue weighted by molar-refractivity contribution is -0.873. The zero-order chi connectivity index (χ0) is 20.7. The summed E-state index contributed by atoms with van der Waals surface area (Å²) < 4.78 is 5.67. The minimum Gasteiger partial charge on any atom is -0.550 e. The molecule has 0 aromatic heterocycles. The summed E-state index contributed by atoms with van der Waals surface area (Å²) in [5, 5.41) is 20.8. The number of aliphatic hydroxyl groups is 1. The van der Waals surface area contributed by atoms with Gasteiger partial charge in [0, 0.05) is 12.4 Å². The van der Waals surface area contributed by atoms with Gasteiger partial charge in [-0.1, -0.05) is 71.1 Å². The second-order valence-electron chi connectivity index (χ2n) is 8.59. The Morgan fingerprint density at radius 2 is 1.41 bits per heavy atom. The molecule has 0 rings (SSSR count). The van der Waals surface area contributed by atoms with Gasteiger partial charge in [0.25, 0.3) is 0 Å². The van der Waals surface area contributed by atoms with Crippen molar-refractivity contribution in [1.29, 1.82) is 0 Å². The van der Waals surface area contributed by atoms with Gasteiger partial charge in [0.05, 0.1) is 21.1 Å². The Hall–Kier alpha value is -1.14. The minimum atomic E-state index is -1.26. The molecule has 6 nitrogen and oxygen atoms in total. The summed E-state index contributed by atoms with van der Waals surface area (Å²) in [6.45, 7) is 2.57. The number of rotatable bonds is 17. The summed E-state index contributed by atoms with van der Waals surface area (Å²) in [4.78, 5) is 22.9. The smallest absolute Gasteiger partial charge is 0.335 e. The highest BCUT2D eigenvalue weighted by atomic mass is 16.6. The lowest BCUT2D eigenvalue weighted by Gasteiger charge is -2.29. The molecule has 2 unspecified atom stereocenters. The number of hydrogen-bond donors (Lipinski definition) is 1. The molecule has 0 spiro atoms. The van der Waals surface area contributed by atoms with Crippen molar-refractivity contribution in [2.45, 2.75) is 96.2 Å². The number of carboxylic acid groups (broad SMARTS) is 1. The maximum atomic E-state index is 12.0. The molecule has 160 valence electrons. The molecule has 1 N–H and O–H groups in total. The Labute approximate surface area is 165 Å². The summed E-state index contributed by atoms with van der Waals surface area (Å²) >= 11 is 0. The predicted molar refractivity (Wildman–Crippen MR) is 105 cm³/mol. The number of unbranched alkanes of at least 4 members (excludes halogenated alkanes) is 9. The van der Waals surface area contributed by atoms with Crippen molar-refractivity contribution in [2.75, 3.05) is 27.7 Å². The van der Waals surface area contributed by atoms with E-state index >= 15 is 0 Å². The highest BCUT2D eigenvalue weighted by Crippen LogP contribution is 2.13. The number of carbonyl (C=O) groups is 2. The largest absolute Gasteiger partial charge is 0.550 e. The fourth-order valence-corrected chi connectivity index (χ4v) is 3.13. The van der Waals surface area contributed by atoms with Gasteiger partial charge in [0.1, 0.15) is 6.54 Å². The average Bonchev–Trinajstić information content (AvgIpc) is 2.54. The summed E-state index contributed by atoms with van der Waals surface area (Å²) in [7, 11) is 5.66. The highest BCUT2D eigenvalue weighted by Gasteiger charge is 2.25. The second-order valence-corrected chi connectivity index (χ2v) is 8.59. The zero-order valence-electron chi connectivity index (χ0n) is 17.9. The van der Waals surface area contributed by atoms with Gasteiger partial charge in [-0.15, -0.1) is 0 Å². The number of likely N-dealkylation sites (N-methyl/N-ethyl adjacent to an activating group) is 1. The summed E-state index contributed by atoms with van der Waals surface area (Å²) in [6, 6.07) is 0.